The molecule has 0 saturated heterocycles. The highest BCUT2D eigenvalue weighted by molar-refractivity contribution is 6.09. The number of ether oxygens (including phenoxy) is 1. The summed E-state index contributed by atoms with van der Waals surface area (Å²) in [6.45, 7) is 20.4. The van der Waals surface area contributed by atoms with Crippen molar-refractivity contribution < 1.29 is 4.74 Å². The molecule has 0 atom stereocenters. The summed E-state index contributed by atoms with van der Waals surface area (Å²) < 4.78 is 10.6. The number of hydrogen-bond acceptors (Lipinski definition) is 4. The quantitative estimate of drug-likeness (QED) is 0.171. The van der Waals surface area contributed by atoms with Gasteiger partial charge in [-0.3, -0.25) is 4.57 Å². The number of fused-ring (bicyclic) bond motifs is 3. The largest absolute Gasteiger partial charge is 0.457 e. The summed E-state index contributed by atoms with van der Waals surface area (Å²) in [5.41, 5.74) is 11.3. The van der Waals surface area contributed by atoms with Crippen molar-refractivity contribution in [2.24, 2.45) is 0 Å². The van der Waals surface area contributed by atoms with E-state index in [0.29, 0.717) is 5.75 Å². The number of rotatable bonds is 6. The second-order valence-electron chi connectivity index (χ2n) is 17.7. The van der Waals surface area contributed by atoms with E-state index in [1.54, 1.807) is 4.68 Å². The van der Waals surface area contributed by atoms with Gasteiger partial charge in [-0.15, -0.1) is 5.10 Å². The van der Waals surface area contributed by atoms with Gasteiger partial charge in [-0.25, -0.2) is 9.67 Å². The lowest BCUT2D eigenvalue weighted by molar-refractivity contribution is 0.482. The van der Waals surface area contributed by atoms with E-state index in [4.69, 9.17) is 9.72 Å². The molecule has 6 nitrogen and oxygen atoms in total. The van der Waals surface area contributed by atoms with Gasteiger partial charge in [-0.2, -0.15) is 0 Å². The van der Waals surface area contributed by atoms with Crippen molar-refractivity contribution in [2.75, 3.05) is 0 Å². The lowest BCUT2D eigenvalue weighted by Crippen LogP contribution is -2.17. The first-order chi connectivity index (χ1) is 26.1. The van der Waals surface area contributed by atoms with Crippen molar-refractivity contribution >= 4 is 21.8 Å². The molecule has 0 aliphatic rings. The Kier molecular flexibility index (Phi) is 8.76. The highest BCUT2D eigenvalue weighted by Crippen LogP contribution is 2.39. The van der Waals surface area contributed by atoms with Crippen LogP contribution < -0.4 is 4.74 Å². The van der Waals surface area contributed by atoms with Gasteiger partial charge < -0.3 is 4.74 Å². The molecule has 6 heteroatoms. The fraction of sp³-hybridized carbons (Fsp3) is 0.245. The number of benzene rings is 5. The first-order valence-electron chi connectivity index (χ1n) is 19.1. The Morgan fingerprint density at radius 1 is 0.545 bits per heavy atom. The van der Waals surface area contributed by atoms with Crippen LogP contribution in [0.25, 0.3) is 55.7 Å². The maximum atomic E-state index is 6.56. The SMILES string of the molecule is CC(C)(C)c1ccc(-c2cn(-c3cccc(Oc4ccc5c6ccccc6n(-c6cc(-c7ccc(C(C)(C)C)cc7C(C)(C)C)ccn6)c5c4)c3)nn2)cc1. The van der Waals surface area contributed by atoms with E-state index in [9.17, 15) is 0 Å². The Labute approximate surface area is 324 Å². The van der Waals surface area contributed by atoms with Crippen molar-refractivity contribution in [3.05, 3.63) is 150 Å². The molecule has 8 aromatic rings. The third kappa shape index (κ3) is 7.05. The summed E-state index contributed by atoms with van der Waals surface area (Å²) >= 11 is 0. The molecular weight excluding hydrogens is 675 g/mol. The first kappa shape index (κ1) is 36.0. The highest BCUT2D eigenvalue weighted by Gasteiger charge is 2.24. The normalized spacial score (nSPS) is 12.5. The van der Waals surface area contributed by atoms with Crippen LogP contribution in [0.15, 0.2) is 134 Å². The van der Waals surface area contributed by atoms with Gasteiger partial charge in [0.1, 0.15) is 23.0 Å². The molecule has 8 rings (SSSR count). The van der Waals surface area contributed by atoms with Crippen LogP contribution in [0.3, 0.4) is 0 Å². The molecule has 0 aliphatic heterocycles. The van der Waals surface area contributed by atoms with Gasteiger partial charge in [0.2, 0.25) is 0 Å². The summed E-state index contributed by atoms with van der Waals surface area (Å²) in [6, 6.07) is 42.6. The summed E-state index contributed by atoms with van der Waals surface area (Å²) in [5.74, 6) is 2.30. The van der Waals surface area contributed by atoms with Crippen molar-refractivity contribution in [3.63, 3.8) is 0 Å². The van der Waals surface area contributed by atoms with Crippen LogP contribution in [0.4, 0.5) is 0 Å². The number of pyridine rings is 1. The van der Waals surface area contributed by atoms with E-state index in [1.807, 2.05) is 42.7 Å². The van der Waals surface area contributed by atoms with E-state index in [0.717, 1.165) is 55.9 Å². The van der Waals surface area contributed by atoms with Crippen molar-refractivity contribution in [1.82, 2.24) is 24.5 Å². The Morgan fingerprint density at radius 2 is 1.25 bits per heavy atom. The molecule has 3 aromatic heterocycles. The topological polar surface area (TPSA) is 57.8 Å². The molecule has 5 aromatic carbocycles. The number of nitrogens with zero attached hydrogens (tertiary/aromatic N) is 5. The highest BCUT2D eigenvalue weighted by atomic mass is 16.5. The van der Waals surface area contributed by atoms with Crippen LogP contribution in [-0.2, 0) is 16.2 Å². The van der Waals surface area contributed by atoms with Gasteiger partial charge in [-0.05, 0) is 86.5 Å². The minimum Gasteiger partial charge on any atom is -0.457 e. The van der Waals surface area contributed by atoms with Crippen molar-refractivity contribution in [2.45, 2.75) is 78.6 Å². The Hall–Kier alpha value is -6.01. The molecule has 0 aliphatic carbocycles. The van der Waals surface area contributed by atoms with Gasteiger partial charge in [0.25, 0.3) is 0 Å². The second kappa shape index (κ2) is 13.4. The average molecular weight is 724 g/mol. The summed E-state index contributed by atoms with van der Waals surface area (Å²) in [4.78, 5) is 4.96. The number of hydrogen-bond donors (Lipinski definition) is 0. The lowest BCUT2D eigenvalue weighted by Gasteiger charge is -2.27. The number of aromatic nitrogens is 5. The molecular formula is C49H49N5O. The van der Waals surface area contributed by atoms with Crippen molar-refractivity contribution in [1.29, 1.82) is 0 Å². The minimum atomic E-state index is -0.0367. The molecule has 0 radical (unpaired) electrons. The van der Waals surface area contributed by atoms with Gasteiger partial charge in [-0.1, -0.05) is 134 Å². The van der Waals surface area contributed by atoms with Crippen molar-refractivity contribution in [3.8, 4) is 45.4 Å². The fourth-order valence-corrected chi connectivity index (χ4v) is 7.34. The zero-order valence-corrected chi connectivity index (χ0v) is 33.3. The zero-order chi connectivity index (χ0) is 38.7. The van der Waals surface area contributed by atoms with E-state index < -0.39 is 0 Å². The van der Waals surface area contributed by atoms with Crippen LogP contribution in [-0.4, -0.2) is 24.5 Å². The predicted molar refractivity (Wildman–Crippen MR) is 227 cm³/mol. The van der Waals surface area contributed by atoms with Gasteiger partial charge in [0.05, 0.1) is 22.9 Å². The molecule has 0 unspecified atom stereocenters. The zero-order valence-electron chi connectivity index (χ0n) is 33.3. The first-order valence-corrected chi connectivity index (χ1v) is 19.1. The predicted octanol–water partition coefficient (Wildman–Crippen LogP) is 12.8. The second-order valence-corrected chi connectivity index (χ2v) is 17.7. The molecule has 3 heterocycles. The Balaban J connectivity index is 1.14. The fourth-order valence-electron chi connectivity index (χ4n) is 7.34. The number of para-hydroxylation sites is 1. The van der Waals surface area contributed by atoms with E-state index >= 15 is 0 Å². The van der Waals surface area contributed by atoms with Gasteiger partial charge in [0, 0.05) is 34.7 Å². The molecule has 0 fully saturated rings. The monoisotopic (exact) mass is 723 g/mol. The standard InChI is InChI=1S/C49H49N5O/c1-47(2,3)34-19-17-32(18-20-34)43-31-53(52-51-43)36-13-12-14-37(29-36)55-38-22-24-41-40-15-10-11-16-44(40)54(45(41)30-38)46-27-33(25-26-50-46)39-23-21-35(48(4,5)6)28-42(39)49(7,8)9/h10-31H,1-9H3. The molecule has 0 N–H and O–H groups in total. The smallest absolute Gasteiger partial charge is 0.138 e. The van der Waals surface area contributed by atoms with Crippen LogP contribution in [0.2, 0.25) is 0 Å². The molecule has 0 bridgehead atoms. The van der Waals surface area contributed by atoms with Crippen LogP contribution in [0, 0.1) is 0 Å². The summed E-state index contributed by atoms with van der Waals surface area (Å²) in [6.07, 6.45) is 3.89. The van der Waals surface area contributed by atoms with E-state index in [-0.39, 0.29) is 16.2 Å². The molecule has 55 heavy (non-hydrogen) atoms. The molecule has 0 amide bonds. The summed E-state index contributed by atoms with van der Waals surface area (Å²) in [5, 5.41) is 11.2. The maximum absolute atomic E-state index is 6.56. The van der Waals surface area contributed by atoms with E-state index in [1.165, 1.54) is 22.3 Å². The third-order valence-electron chi connectivity index (χ3n) is 10.5. The maximum Gasteiger partial charge on any atom is 0.138 e. The summed E-state index contributed by atoms with van der Waals surface area (Å²) in [7, 11) is 0. The van der Waals surface area contributed by atoms with Crippen LogP contribution >= 0.6 is 0 Å². The van der Waals surface area contributed by atoms with Gasteiger partial charge in [0.15, 0.2) is 0 Å². The van der Waals surface area contributed by atoms with Crippen LogP contribution in [0.5, 0.6) is 11.5 Å². The Morgan fingerprint density at radius 3 is 2.00 bits per heavy atom. The van der Waals surface area contributed by atoms with Crippen LogP contribution in [0.1, 0.15) is 79.0 Å². The minimum absolute atomic E-state index is 0.0367. The Bertz CT molecular complexity index is 2680. The molecule has 276 valence electrons. The van der Waals surface area contributed by atoms with Gasteiger partial charge >= 0.3 is 0 Å². The molecule has 0 saturated carbocycles. The molecule has 0 spiro atoms. The third-order valence-corrected chi connectivity index (χ3v) is 10.5. The lowest BCUT2D eigenvalue weighted by atomic mass is 9.77. The van der Waals surface area contributed by atoms with E-state index in [2.05, 4.69) is 168 Å². The average Bonchev–Trinajstić information content (AvgIpc) is 3.77.